The van der Waals surface area contributed by atoms with Crippen LogP contribution in [-0.4, -0.2) is 56.0 Å². The number of nitrogens with zero attached hydrogens (tertiary/aromatic N) is 4. The van der Waals surface area contributed by atoms with Gasteiger partial charge in [-0.2, -0.15) is 0 Å². The average molecular weight is 423 g/mol. The van der Waals surface area contributed by atoms with Gasteiger partial charge < -0.3 is 11.1 Å². The van der Waals surface area contributed by atoms with Crippen LogP contribution in [0.2, 0.25) is 0 Å². The first-order valence-electron chi connectivity index (χ1n) is 7.67. The topological polar surface area (TPSA) is 131 Å². The Labute approximate surface area is 166 Å². The molecule has 3 heterocycles. The number of amides is 3. The van der Waals surface area contributed by atoms with E-state index >= 15 is 0 Å². The number of anilines is 1. The molecule has 3 N–H and O–H groups in total. The summed E-state index contributed by atoms with van der Waals surface area (Å²) >= 11 is 3.30. The van der Waals surface area contributed by atoms with Crippen molar-refractivity contribution in [2.45, 2.75) is 4.34 Å². The highest BCUT2D eigenvalue weighted by Crippen LogP contribution is 2.31. The number of thioether (sulfide) groups is 2. The van der Waals surface area contributed by atoms with Crippen LogP contribution in [0.5, 0.6) is 0 Å². The number of pyridine rings is 1. The fraction of sp³-hybridized carbons (Fsp3) is 0.200. The molecule has 1 aliphatic heterocycles. The molecule has 1 fully saturated rings. The molecular formula is C15H14N6O3S3. The molecule has 1 saturated heterocycles. The number of hydrogen-bond acceptors (Lipinski definition) is 10. The third-order valence-corrected chi connectivity index (χ3v) is 6.06. The normalized spacial score (nSPS) is 15.6. The van der Waals surface area contributed by atoms with Crippen molar-refractivity contribution in [1.82, 2.24) is 25.4 Å². The van der Waals surface area contributed by atoms with Gasteiger partial charge in [-0.1, -0.05) is 29.2 Å². The second kappa shape index (κ2) is 8.97. The van der Waals surface area contributed by atoms with Crippen molar-refractivity contribution in [3.8, 4) is 0 Å². The van der Waals surface area contributed by atoms with Crippen LogP contribution in [0.4, 0.5) is 9.93 Å². The van der Waals surface area contributed by atoms with Gasteiger partial charge in [0.2, 0.25) is 11.0 Å². The number of hydrogen-bond donors (Lipinski definition) is 2. The van der Waals surface area contributed by atoms with Crippen molar-refractivity contribution < 1.29 is 14.4 Å². The molecule has 1 aliphatic rings. The summed E-state index contributed by atoms with van der Waals surface area (Å²) in [6.07, 6.45) is 4.86. The van der Waals surface area contributed by atoms with E-state index in [2.05, 4.69) is 20.5 Å². The Morgan fingerprint density at radius 2 is 2.22 bits per heavy atom. The summed E-state index contributed by atoms with van der Waals surface area (Å²) < 4.78 is 0.606. The van der Waals surface area contributed by atoms with Gasteiger partial charge in [-0.25, -0.2) is 0 Å². The van der Waals surface area contributed by atoms with Crippen molar-refractivity contribution in [1.29, 1.82) is 0 Å². The Morgan fingerprint density at radius 3 is 2.93 bits per heavy atom. The van der Waals surface area contributed by atoms with Crippen molar-refractivity contribution in [3.63, 3.8) is 0 Å². The smallest absolute Gasteiger partial charge is 0.293 e. The molecule has 0 radical (unpaired) electrons. The molecule has 0 atom stereocenters. The standard InChI is InChI=1S/C15H14N6O3S3/c16-13-19-20-14(27-13)25-8-11(22)18-4-5-21-12(23)10(26-15(21)24)6-9-2-1-3-17-7-9/h1-3,6-7H,4-5,8H2,(H2,16,19)(H,18,22)/b10-6-. The lowest BCUT2D eigenvalue weighted by Gasteiger charge is -2.12. The van der Waals surface area contributed by atoms with Crippen LogP contribution in [0.1, 0.15) is 5.56 Å². The molecule has 27 heavy (non-hydrogen) atoms. The molecule has 140 valence electrons. The number of imide groups is 1. The predicted octanol–water partition coefficient (Wildman–Crippen LogP) is 1.46. The Bertz CT molecular complexity index is 886. The van der Waals surface area contributed by atoms with Crippen LogP contribution in [0, 0.1) is 0 Å². The molecule has 0 aliphatic carbocycles. The number of nitrogen functional groups attached to an aromatic ring is 1. The minimum Gasteiger partial charge on any atom is -0.374 e. The van der Waals surface area contributed by atoms with Gasteiger partial charge in [-0.15, -0.1) is 10.2 Å². The van der Waals surface area contributed by atoms with Crippen molar-refractivity contribution in [2.24, 2.45) is 0 Å². The Kier molecular flexibility index (Phi) is 6.42. The zero-order valence-corrected chi connectivity index (χ0v) is 16.3. The molecule has 0 bridgehead atoms. The highest BCUT2D eigenvalue weighted by Gasteiger charge is 2.34. The number of nitrogens with one attached hydrogen (secondary N) is 1. The predicted molar refractivity (Wildman–Crippen MR) is 105 cm³/mol. The van der Waals surface area contributed by atoms with Crippen molar-refractivity contribution in [3.05, 3.63) is 35.0 Å². The molecule has 2 aromatic heterocycles. The lowest BCUT2D eigenvalue weighted by molar-refractivity contribution is -0.123. The summed E-state index contributed by atoms with van der Waals surface area (Å²) in [7, 11) is 0. The lowest BCUT2D eigenvalue weighted by atomic mass is 10.2. The van der Waals surface area contributed by atoms with Crippen LogP contribution < -0.4 is 11.1 Å². The van der Waals surface area contributed by atoms with Gasteiger partial charge >= 0.3 is 0 Å². The molecule has 9 nitrogen and oxygen atoms in total. The fourth-order valence-electron chi connectivity index (χ4n) is 2.07. The summed E-state index contributed by atoms with van der Waals surface area (Å²) in [5.74, 6) is -0.453. The van der Waals surface area contributed by atoms with Crippen LogP contribution in [0.3, 0.4) is 0 Å². The molecule has 0 spiro atoms. The highest BCUT2D eigenvalue weighted by molar-refractivity contribution is 8.18. The quantitative estimate of drug-likeness (QED) is 0.503. The SMILES string of the molecule is Nc1nnc(SCC(=O)NCCN2C(=O)S/C(=C\c3cccnc3)C2=O)s1. The van der Waals surface area contributed by atoms with Gasteiger partial charge in [-0.05, 0) is 29.5 Å². The summed E-state index contributed by atoms with van der Waals surface area (Å²) in [5.41, 5.74) is 6.21. The van der Waals surface area contributed by atoms with E-state index in [9.17, 15) is 14.4 Å². The molecule has 3 rings (SSSR count). The fourth-order valence-corrected chi connectivity index (χ4v) is 4.40. The lowest BCUT2D eigenvalue weighted by Crippen LogP contribution is -2.37. The largest absolute Gasteiger partial charge is 0.374 e. The minimum atomic E-state index is -0.373. The van der Waals surface area contributed by atoms with E-state index in [0.717, 1.165) is 22.2 Å². The van der Waals surface area contributed by atoms with E-state index in [1.807, 2.05) is 0 Å². The van der Waals surface area contributed by atoms with Gasteiger partial charge in [0.1, 0.15) is 0 Å². The van der Waals surface area contributed by atoms with Crippen molar-refractivity contribution >= 4 is 63.1 Å². The van der Waals surface area contributed by atoms with E-state index in [0.29, 0.717) is 14.4 Å². The monoisotopic (exact) mass is 422 g/mol. The average Bonchev–Trinajstić information content (AvgIpc) is 3.19. The minimum absolute atomic E-state index is 0.108. The number of nitrogens with two attached hydrogens (primary N) is 1. The summed E-state index contributed by atoms with van der Waals surface area (Å²) in [6.45, 7) is 0.285. The number of rotatable bonds is 7. The zero-order chi connectivity index (χ0) is 19.2. The van der Waals surface area contributed by atoms with E-state index < -0.39 is 0 Å². The molecule has 12 heteroatoms. The second-order valence-electron chi connectivity index (χ2n) is 5.16. The Hall–Kier alpha value is -2.44. The number of carbonyl (C=O) groups excluding carboxylic acids is 3. The number of carbonyl (C=O) groups is 3. The maximum atomic E-state index is 12.4. The summed E-state index contributed by atoms with van der Waals surface area (Å²) in [6, 6.07) is 3.55. The molecule has 3 amide bonds. The first-order valence-corrected chi connectivity index (χ1v) is 10.3. The first-order chi connectivity index (χ1) is 13.0. The third kappa shape index (κ3) is 5.28. The van der Waals surface area contributed by atoms with E-state index in [-0.39, 0.29) is 35.9 Å². The van der Waals surface area contributed by atoms with Crippen molar-refractivity contribution in [2.75, 3.05) is 24.6 Å². The molecule has 2 aromatic rings. The van der Waals surface area contributed by atoms with E-state index in [1.165, 1.54) is 23.1 Å². The molecular weight excluding hydrogens is 408 g/mol. The van der Waals surface area contributed by atoms with Crippen LogP contribution in [-0.2, 0) is 9.59 Å². The second-order valence-corrected chi connectivity index (χ2v) is 8.39. The summed E-state index contributed by atoms with van der Waals surface area (Å²) in [4.78, 5) is 41.7. The van der Waals surface area contributed by atoms with Gasteiger partial charge in [-0.3, -0.25) is 24.3 Å². The van der Waals surface area contributed by atoms with Crippen LogP contribution >= 0.6 is 34.9 Å². The molecule has 0 unspecified atom stereocenters. The zero-order valence-electron chi connectivity index (χ0n) is 13.8. The van der Waals surface area contributed by atoms with Crippen LogP contribution in [0.25, 0.3) is 6.08 Å². The maximum Gasteiger partial charge on any atom is 0.293 e. The third-order valence-electron chi connectivity index (χ3n) is 3.26. The number of aromatic nitrogens is 3. The first kappa shape index (κ1) is 19.3. The Balaban J connectivity index is 1.46. The summed E-state index contributed by atoms with van der Waals surface area (Å²) in [5, 5.41) is 10.1. The van der Waals surface area contributed by atoms with E-state index in [1.54, 1.807) is 30.6 Å². The Morgan fingerprint density at radius 1 is 1.37 bits per heavy atom. The van der Waals surface area contributed by atoms with Gasteiger partial charge in [0.05, 0.1) is 10.7 Å². The maximum absolute atomic E-state index is 12.4. The highest BCUT2D eigenvalue weighted by atomic mass is 32.2. The van der Waals surface area contributed by atoms with E-state index in [4.69, 9.17) is 5.73 Å². The molecule has 0 saturated carbocycles. The van der Waals surface area contributed by atoms with Crippen LogP contribution in [0.15, 0.2) is 33.8 Å². The molecule has 0 aromatic carbocycles. The van der Waals surface area contributed by atoms with Gasteiger partial charge in [0, 0.05) is 25.5 Å². The van der Waals surface area contributed by atoms with Gasteiger partial charge in [0.15, 0.2) is 4.34 Å². The van der Waals surface area contributed by atoms with Gasteiger partial charge in [0.25, 0.3) is 11.1 Å².